The number of rotatable bonds is 4. The molecule has 4 heteroatoms. The molecule has 0 fully saturated rings. The molecular formula is C52H32N4. The van der Waals surface area contributed by atoms with E-state index in [-0.39, 0.29) is 0 Å². The minimum atomic E-state index is 0.653. The number of benzene rings is 9. The molecule has 0 saturated carbocycles. The van der Waals surface area contributed by atoms with Crippen molar-refractivity contribution in [2.45, 2.75) is 0 Å². The third kappa shape index (κ3) is 4.60. The van der Waals surface area contributed by atoms with Crippen molar-refractivity contribution in [3.63, 3.8) is 0 Å². The first-order valence-electron chi connectivity index (χ1n) is 19.1. The van der Waals surface area contributed by atoms with Crippen LogP contribution in [0.4, 0.5) is 0 Å². The van der Waals surface area contributed by atoms with Gasteiger partial charge in [0.1, 0.15) is 0 Å². The van der Waals surface area contributed by atoms with Crippen LogP contribution in [0.2, 0.25) is 0 Å². The Morgan fingerprint density at radius 3 is 1.71 bits per heavy atom. The first-order chi connectivity index (χ1) is 27.8. The molecule has 4 nitrogen and oxygen atoms in total. The molecule has 0 N–H and O–H groups in total. The zero-order chi connectivity index (χ0) is 36.7. The Balaban J connectivity index is 1.14. The molecule has 260 valence electrons. The molecule has 0 radical (unpaired) electrons. The summed E-state index contributed by atoms with van der Waals surface area (Å²) in [5, 5.41) is 10.6. The molecule has 3 heterocycles. The first-order valence-corrected chi connectivity index (χ1v) is 19.1. The van der Waals surface area contributed by atoms with E-state index < -0.39 is 0 Å². The average molecular weight is 713 g/mol. The van der Waals surface area contributed by atoms with E-state index in [9.17, 15) is 0 Å². The largest absolute Gasteiger partial charge is 0.309 e. The Bertz CT molecular complexity index is 3540. The van der Waals surface area contributed by atoms with E-state index in [4.69, 9.17) is 9.97 Å². The highest BCUT2D eigenvalue weighted by Crippen LogP contribution is 2.40. The Kier molecular flexibility index (Phi) is 6.60. The first kappa shape index (κ1) is 30.9. The summed E-state index contributed by atoms with van der Waals surface area (Å²) in [4.78, 5) is 10.8. The maximum atomic E-state index is 5.49. The molecule has 0 bridgehead atoms. The summed E-state index contributed by atoms with van der Waals surface area (Å²) in [5.74, 6) is 0.653. The van der Waals surface area contributed by atoms with Gasteiger partial charge in [0.25, 0.3) is 0 Å². The molecule has 56 heavy (non-hydrogen) atoms. The van der Waals surface area contributed by atoms with Gasteiger partial charge in [0, 0.05) is 43.6 Å². The standard InChI is InChI=1S/C52H32N4/c1-2-15-39(16-3-1)55-47-21-11-9-18-41(47)42-27-25-36(31-48(42)55)37-26-28-43-44-29-24-34-13-6-7-17-40(34)51(44)56(49(43)32-37)52-53-46-20-10-8-19-45(46)50(54-52)38-23-22-33-12-4-5-14-35(33)30-38/h1-32H. The highest BCUT2D eigenvalue weighted by atomic mass is 15.2. The van der Waals surface area contributed by atoms with Gasteiger partial charge in [-0.1, -0.05) is 152 Å². The van der Waals surface area contributed by atoms with Crippen molar-refractivity contribution in [1.82, 2.24) is 19.1 Å². The molecule has 12 aromatic rings. The Hall–Kier alpha value is -7.56. The van der Waals surface area contributed by atoms with Crippen LogP contribution >= 0.6 is 0 Å². The van der Waals surface area contributed by atoms with Crippen LogP contribution in [0.1, 0.15) is 0 Å². The van der Waals surface area contributed by atoms with Crippen molar-refractivity contribution in [3.05, 3.63) is 194 Å². The molecule has 9 aromatic carbocycles. The number of fused-ring (bicyclic) bond motifs is 10. The lowest BCUT2D eigenvalue weighted by Crippen LogP contribution is -2.04. The van der Waals surface area contributed by atoms with E-state index in [0.717, 1.165) is 55.4 Å². The van der Waals surface area contributed by atoms with Gasteiger partial charge < -0.3 is 4.57 Å². The molecule has 0 aliphatic rings. The normalized spacial score (nSPS) is 11.9. The zero-order valence-corrected chi connectivity index (χ0v) is 30.3. The molecule has 0 aliphatic carbocycles. The molecule has 0 unspecified atom stereocenters. The number of para-hydroxylation sites is 3. The SMILES string of the molecule is c1ccc(-n2c3ccccc3c3ccc(-c4ccc5c6ccc7ccccc7c6n(-c6nc(-c7ccc8ccccc8c7)c7ccccc7n6)c5c4)cc32)cc1. The maximum absolute atomic E-state index is 5.49. The highest BCUT2D eigenvalue weighted by Gasteiger charge is 2.21. The molecule has 0 spiro atoms. The minimum absolute atomic E-state index is 0.653. The van der Waals surface area contributed by atoms with Gasteiger partial charge in [0.2, 0.25) is 5.95 Å². The van der Waals surface area contributed by atoms with Crippen LogP contribution in [-0.4, -0.2) is 19.1 Å². The molecule has 0 atom stereocenters. The molecule has 0 amide bonds. The van der Waals surface area contributed by atoms with E-state index in [1.807, 2.05) is 0 Å². The molecular weight excluding hydrogens is 681 g/mol. The van der Waals surface area contributed by atoms with Crippen molar-refractivity contribution < 1.29 is 0 Å². The molecule has 0 saturated heterocycles. The van der Waals surface area contributed by atoms with Gasteiger partial charge in [-0.25, -0.2) is 9.97 Å². The van der Waals surface area contributed by atoms with E-state index >= 15 is 0 Å². The van der Waals surface area contributed by atoms with E-state index in [2.05, 4.69) is 203 Å². The van der Waals surface area contributed by atoms with E-state index in [1.54, 1.807) is 0 Å². The Morgan fingerprint density at radius 2 is 0.893 bits per heavy atom. The van der Waals surface area contributed by atoms with Gasteiger partial charge in [0.15, 0.2) is 0 Å². The topological polar surface area (TPSA) is 35.6 Å². The van der Waals surface area contributed by atoms with Crippen molar-refractivity contribution >= 4 is 76.1 Å². The minimum Gasteiger partial charge on any atom is -0.309 e. The van der Waals surface area contributed by atoms with Gasteiger partial charge in [-0.3, -0.25) is 4.57 Å². The zero-order valence-electron chi connectivity index (χ0n) is 30.3. The number of hydrogen-bond donors (Lipinski definition) is 0. The molecule has 12 rings (SSSR count). The summed E-state index contributed by atoms with van der Waals surface area (Å²) in [6, 6.07) is 69.7. The summed E-state index contributed by atoms with van der Waals surface area (Å²) in [5.41, 5.74) is 10.9. The van der Waals surface area contributed by atoms with E-state index in [1.165, 1.54) is 48.7 Å². The Morgan fingerprint density at radius 1 is 0.321 bits per heavy atom. The van der Waals surface area contributed by atoms with Crippen LogP contribution in [0.3, 0.4) is 0 Å². The highest BCUT2D eigenvalue weighted by molar-refractivity contribution is 6.19. The van der Waals surface area contributed by atoms with Gasteiger partial charge >= 0.3 is 0 Å². The number of nitrogens with zero attached hydrogens (tertiary/aromatic N) is 4. The quantitative estimate of drug-likeness (QED) is 0.182. The summed E-state index contributed by atoms with van der Waals surface area (Å²) >= 11 is 0. The lowest BCUT2D eigenvalue weighted by molar-refractivity contribution is 1.02. The van der Waals surface area contributed by atoms with Crippen molar-refractivity contribution in [3.8, 4) is 34.0 Å². The van der Waals surface area contributed by atoms with Gasteiger partial charge in [-0.15, -0.1) is 0 Å². The van der Waals surface area contributed by atoms with Crippen LogP contribution in [-0.2, 0) is 0 Å². The predicted molar refractivity (Wildman–Crippen MR) is 234 cm³/mol. The monoisotopic (exact) mass is 712 g/mol. The second kappa shape index (κ2) is 12.0. The average Bonchev–Trinajstić information content (AvgIpc) is 3.78. The predicted octanol–water partition coefficient (Wildman–Crippen LogP) is 13.5. The fourth-order valence-electron chi connectivity index (χ4n) is 8.89. The number of hydrogen-bond acceptors (Lipinski definition) is 2. The van der Waals surface area contributed by atoms with Crippen molar-refractivity contribution in [2.24, 2.45) is 0 Å². The Labute approximate surface area is 322 Å². The maximum Gasteiger partial charge on any atom is 0.235 e. The lowest BCUT2D eigenvalue weighted by Gasteiger charge is -2.13. The summed E-state index contributed by atoms with van der Waals surface area (Å²) < 4.78 is 4.68. The number of aromatic nitrogens is 4. The van der Waals surface area contributed by atoms with Gasteiger partial charge in [-0.2, -0.15) is 0 Å². The second-order valence-corrected chi connectivity index (χ2v) is 14.6. The smallest absolute Gasteiger partial charge is 0.235 e. The fourth-order valence-corrected chi connectivity index (χ4v) is 8.89. The van der Waals surface area contributed by atoms with Gasteiger partial charge in [-0.05, 0) is 69.8 Å². The summed E-state index contributed by atoms with van der Waals surface area (Å²) in [7, 11) is 0. The molecule has 3 aromatic heterocycles. The lowest BCUT2D eigenvalue weighted by atomic mass is 10.0. The van der Waals surface area contributed by atoms with Crippen LogP contribution in [0.15, 0.2) is 194 Å². The summed E-state index contributed by atoms with van der Waals surface area (Å²) in [6.07, 6.45) is 0. The second-order valence-electron chi connectivity index (χ2n) is 14.6. The third-order valence-electron chi connectivity index (χ3n) is 11.5. The summed E-state index contributed by atoms with van der Waals surface area (Å²) in [6.45, 7) is 0. The fraction of sp³-hybridized carbons (Fsp3) is 0. The van der Waals surface area contributed by atoms with Crippen molar-refractivity contribution in [1.29, 1.82) is 0 Å². The van der Waals surface area contributed by atoms with Crippen LogP contribution in [0.25, 0.3) is 110 Å². The van der Waals surface area contributed by atoms with Crippen LogP contribution in [0, 0.1) is 0 Å². The van der Waals surface area contributed by atoms with Crippen molar-refractivity contribution in [2.75, 3.05) is 0 Å². The van der Waals surface area contributed by atoms with E-state index in [0.29, 0.717) is 5.95 Å². The molecule has 0 aliphatic heterocycles. The van der Waals surface area contributed by atoms with Crippen LogP contribution < -0.4 is 0 Å². The van der Waals surface area contributed by atoms with Gasteiger partial charge in [0.05, 0.1) is 33.3 Å². The third-order valence-corrected chi connectivity index (χ3v) is 11.5. The van der Waals surface area contributed by atoms with Crippen LogP contribution in [0.5, 0.6) is 0 Å².